The van der Waals surface area contributed by atoms with E-state index in [2.05, 4.69) is 36.5 Å². The van der Waals surface area contributed by atoms with Gasteiger partial charge in [-0.2, -0.15) is 0 Å². The number of amides is 2. The highest BCUT2D eigenvalue weighted by atomic mass is 32.2. The second kappa shape index (κ2) is 13.9. The predicted octanol–water partition coefficient (Wildman–Crippen LogP) is 4.94. The lowest BCUT2D eigenvalue weighted by molar-refractivity contribution is -0.140. The Morgan fingerprint density at radius 3 is 2.30 bits per heavy atom. The van der Waals surface area contributed by atoms with Gasteiger partial charge in [0.2, 0.25) is 11.8 Å². The van der Waals surface area contributed by atoms with Gasteiger partial charge < -0.3 is 10.2 Å². The van der Waals surface area contributed by atoms with Gasteiger partial charge in [-0.15, -0.1) is 11.8 Å². The lowest BCUT2D eigenvalue weighted by atomic mass is 10.1. The topological polar surface area (TPSA) is 49.4 Å². The van der Waals surface area contributed by atoms with E-state index in [4.69, 9.17) is 0 Å². The number of hydrogen-bond donors (Lipinski definition) is 1. The minimum Gasteiger partial charge on any atom is -0.354 e. The van der Waals surface area contributed by atoms with Crippen molar-refractivity contribution in [2.24, 2.45) is 0 Å². The van der Waals surface area contributed by atoms with Crippen molar-refractivity contribution in [3.63, 3.8) is 0 Å². The van der Waals surface area contributed by atoms with Gasteiger partial charge in [-0.05, 0) is 37.0 Å². The number of carbonyl (C=O) groups excluding carboxylic acids is 2. The Bertz CT molecular complexity index is 752. The fraction of sp³-hybridized carbons (Fsp3) is 0.440. The summed E-state index contributed by atoms with van der Waals surface area (Å²) in [7, 11) is 0. The summed E-state index contributed by atoms with van der Waals surface area (Å²) >= 11 is 1.68. The molecular weight excluding hydrogens is 392 g/mol. The SMILES string of the molecule is CCCCNC(=O)[C@H](CC)N(CCc1ccccc1)C(=O)CCSc1ccccc1. The van der Waals surface area contributed by atoms with E-state index in [0.717, 1.165) is 24.2 Å². The summed E-state index contributed by atoms with van der Waals surface area (Å²) in [5.74, 6) is 0.716. The van der Waals surface area contributed by atoms with Crippen LogP contribution >= 0.6 is 11.8 Å². The molecule has 0 heterocycles. The van der Waals surface area contributed by atoms with Crippen molar-refractivity contribution in [3.05, 3.63) is 66.2 Å². The third-order valence-corrected chi connectivity index (χ3v) is 6.04. The zero-order valence-electron chi connectivity index (χ0n) is 18.2. The molecule has 0 fully saturated rings. The van der Waals surface area contributed by atoms with Gasteiger partial charge in [-0.3, -0.25) is 9.59 Å². The first-order chi connectivity index (χ1) is 14.7. The van der Waals surface area contributed by atoms with Crippen molar-refractivity contribution in [3.8, 4) is 0 Å². The molecule has 5 heteroatoms. The largest absolute Gasteiger partial charge is 0.354 e. The standard InChI is InChI=1S/C25H34N2O2S/c1-3-5-18-26-25(29)23(4-2)27(19-16-21-12-8-6-9-13-21)24(28)17-20-30-22-14-10-7-11-15-22/h6-15,23H,3-5,16-20H2,1-2H3,(H,26,29)/t23-/m0/s1. The molecule has 0 saturated carbocycles. The number of thioether (sulfide) groups is 1. The molecule has 2 aromatic rings. The Morgan fingerprint density at radius 2 is 1.67 bits per heavy atom. The van der Waals surface area contributed by atoms with Crippen LogP contribution in [0.3, 0.4) is 0 Å². The third-order valence-electron chi connectivity index (χ3n) is 5.03. The number of hydrogen-bond acceptors (Lipinski definition) is 3. The summed E-state index contributed by atoms with van der Waals surface area (Å²) in [6.45, 7) is 5.30. The maximum atomic E-state index is 13.1. The lowest BCUT2D eigenvalue weighted by Gasteiger charge is -2.30. The zero-order chi connectivity index (χ0) is 21.6. The van der Waals surface area contributed by atoms with Crippen LogP contribution in [0.1, 0.15) is 45.1 Å². The minimum absolute atomic E-state index is 0.0388. The fourth-order valence-corrected chi connectivity index (χ4v) is 4.18. The van der Waals surface area contributed by atoms with Crippen molar-refractivity contribution >= 4 is 23.6 Å². The maximum Gasteiger partial charge on any atom is 0.242 e. The van der Waals surface area contributed by atoms with E-state index in [-0.39, 0.29) is 11.8 Å². The molecule has 0 aliphatic carbocycles. The third kappa shape index (κ3) is 8.23. The molecule has 0 aliphatic rings. The summed E-state index contributed by atoms with van der Waals surface area (Å²) in [5.41, 5.74) is 1.18. The first-order valence-electron chi connectivity index (χ1n) is 10.9. The number of carbonyl (C=O) groups is 2. The van der Waals surface area contributed by atoms with Crippen molar-refractivity contribution in [1.29, 1.82) is 0 Å². The van der Waals surface area contributed by atoms with Crippen LogP contribution in [0, 0.1) is 0 Å². The highest BCUT2D eigenvalue weighted by Crippen LogP contribution is 2.19. The number of nitrogens with one attached hydrogen (secondary N) is 1. The molecular formula is C25H34N2O2S. The van der Waals surface area contributed by atoms with Gasteiger partial charge in [0.1, 0.15) is 6.04 Å². The molecule has 30 heavy (non-hydrogen) atoms. The van der Waals surface area contributed by atoms with Crippen LogP contribution in [0.15, 0.2) is 65.6 Å². The smallest absolute Gasteiger partial charge is 0.242 e. The molecule has 0 saturated heterocycles. The molecule has 0 bridgehead atoms. The van der Waals surface area contributed by atoms with Crippen LogP contribution in [0.2, 0.25) is 0 Å². The summed E-state index contributed by atoms with van der Waals surface area (Å²) < 4.78 is 0. The molecule has 0 radical (unpaired) electrons. The second-order valence-electron chi connectivity index (χ2n) is 7.30. The Morgan fingerprint density at radius 1 is 1.00 bits per heavy atom. The molecule has 0 aliphatic heterocycles. The summed E-state index contributed by atoms with van der Waals surface area (Å²) in [6.07, 6.45) is 3.77. The molecule has 0 aromatic heterocycles. The second-order valence-corrected chi connectivity index (χ2v) is 8.47. The predicted molar refractivity (Wildman–Crippen MR) is 126 cm³/mol. The van der Waals surface area contributed by atoms with Crippen molar-refractivity contribution in [1.82, 2.24) is 10.2 Å². The maximum absolute atomic E-state index is 13.1. The van der Waals surface area contributed by atoms with Crippen LogP contribution in [-0.2, 0) is 16.0 Å². The summed E-state index contributed by atoms with van der Waals surface area (Å²) in [5, 5.41) is 3.01. The highest BCUT2D eigenvalue weighted by Gasteiger charge is 2.27. The van der Waals surface area contributed by atoms with E-state index < -0.39 is 6.04 Å². The Hall–Kier alpha value is -2.27. The fourth-order valence-electron chi connectivity index (χ4n) is 3.32. The Kier molecular flexibility index (Phi) is 11.1. The molecule has 2 amide bonds. The Labute approximate surface area is 185 Å². The molecule has 2 aromatic carbocycles. The van der Waals surface area contributed by atoms with Gasteiger partial charge in [0, 0.05) is 30.2 Å². The van der Waals surface area contributed by atoms with Gasteiger partial charge in [0.05, 0.1) is 0 Å². The van der Waals surface area contributed by atoms with Crippen molar-refractivity contribution in [2.75, 3.05) is 18.8 Å². The van der Waals surface area contributed by atoms with Gasteiger partial charge >= 0.3 is 0 Å². The molecule has 0 spiro atoms. The molecule has 4 nitrogen and oxygen atoms in total. The number of unbranched alkanes of at least 4 members (excludes halogenated alkanes) is 1. The number of rotatable bonds is 13. The van der Waals surface area contributed by atoms with Gasteiger partial charge in [-0.1, -0.05) is 68.8 Å². The lowest BCUT2D eigenvalue weighted by Crippen LogP contribution is -2.50. The summed E-state index contributed by atoms with van der Waals surface area (Å²) in [4.78, 5) is 28.9. The first kappa shape index (κ1) is 24.0. The summed E-state index contributed by atoms with van der Waals surface area (Å²) in [6, 6.07) is 19.8. The van der Waals surface area contributed by atoms with E-state index in [1.165, 1.54) is 5.56 Å². The van der Waals surface area contributed by atoms with E-state index in [1.807, 2.05) is 43.3 Å². The van der Waals surface area contributed by atoms with E-state index in [1.54, 1.807) is 16.7 Å². The van der Waals surface area contributed by atoms with E-state index in [0.29, 0.717) is 31.7 Å². The van der Waals surface area contributed by atoms with Crippen LogP contribution in [-0.4, -0.2) is 41.6 Å². The van der Waals surface area contributed by atoms with Gasteiger partial charge in [0.15, 0.2) is 0 Å². The van der Waals surface area contributed by atoms with Crippen LogP contribution in [0.25, 0.3) is 0 Å². The molecule has 2 rings (SSSR count). The van der Waals surface area contributed by atoms with Gasteiger partial charge in [-0.25, -0.2) is 0 Å². The molecule has 162 valence electrons. The Balaban J connectivity index is 2.01. The number of nitrogens with zero attached hydrogens (tertiary/aromatic N) is 1. The number of benzene rings is 2. The van der Waals surface area contributed by atoms with Crippen LogP contribution < -0.4 is 5.32 Å². The van der Waals surface area contributed by atoms with Crippen LogP contribution in [0.5, 0.6) is 0 Å². The minimum atomic E-state index is -0.417. The van der Waals surface area contributed by atoms with Crippen molar-refractivity contribution < 1.29 is 9.59 Å². The van der Waals surface area contributed by atoms with E-state index >= 15 is 0 Å². The zero-order valence-corrected chi connectivity index (χ0v) is 19.0. The molecule has 1 atom stereocenters. The van der Waals surface area contributed by atoms with E-state index in [9.17, 15) is 9.59 Å². The highest BCUT2D eigenvalue weighted by molar-refractivity contribution is 7.99. The first-order valence-corrected chi connectivity index (χ1v) is 11.9. The molecule has 0 unspecified atom stereocenters. The normalized spacial score (nSPS) is 11.7. The average molecular weight is 427 g/mol. The molecule has 1 N–H and O–H groups in total. The van der Waals surface area contributed by atoms with Crippen molar-refractivity contribution in [2.45, 2.75) is 56.9 Å². The van der Waals surface area contributed by atoms with Crippen LogP contribution in [0.4, 0.5) is 0 Å². The average Bonchev–Trinajstić information content (AvgIpc) is 2.78. The van der Waals surface area contributed by atoms with Gasteiger partial charge in [0.25, 0.3) is 0 Å². The monoisotopic (exact) mass is 426 g/mol. The quantitative estimate of drug-likeness (QED) is 0.365.